The molecule has 0 aliphatic carbocycles. The second-order valence-corrected chi connectivity index (χ2v) is 6.23. The van der Waals surface area contributed by atoms with Gasteiger partial charge in [-0.2, -0.15) is 5.10 Å². The fourth-order valence-corrected chi connectivity index (χ4v) is 3.53. The van der Waals surface area contributed by atoms with Crippen molar-refractivity contribution in [3.63, 3.8) is 0 Å². The average Bonchev–Trinajstić information content (AvgIpc) is 3.27. The van der Waals surface area contributed by atoms with E-state index >= 15 is 0 Å². The minimum atomic E-state index is 0.0288. The number of hydrogen-bond donors (Lipinski definition) is 0. The molecule has 24 heavy (non-hydrogen) atoms. The molecule has 1 saturated heterocycles. The van der Waals surface area contributed by atoms with E-state index in [2.05, 4.69) is 27.8 Å². The van der Waals surface area contributed by atoms with Crippen LogP contribution in [-0.4, -0.2) is 43.1 Å². The van der Waals surface area contributed by atoms with Crippen LogP contribution in [0, 0.1) is 0 Å². The van der Waals surface area contributed by atoms with Crippen LogP contribution in [0.25, 0.3) is 5.65 Å². The zero-order valence-corrected chi connectivity index (χ0v) is 13.8. The minimum absolute atomic E-state index is 0.0288. The summed E-state index contributed by atoms with van der Waals surface area (Å²) in [7, 11) is 0. The predicted molar refractivity (Wildman–Crippen MR) is 91.0 cm³/mol. The molecule has 124 valence electrons. The molecule has 0 radical (unpaired) electrons. The van der Waals surface area contributed by atoms with Crippen LogP contribution in [-0.2, 0) is 6.54 Å². The number of carbonyl (C=O) groups is 1. The van der Waals surface area contributed by atoms with Crippen molar-refractivity contribution in [3.05, 3.63) is 54.2 Å². The number of amides is 1. The van der Waals surface area contributed by atoms with Crippen molar-refractivity contribution in [2.75, 3.05) is 13.1 Å². The molecule has 1 amide bonds. The lowest BCUT2D eigenvalue weighted by molar-refractivity contribution is 0.0706. The van der Waals surface area contributed by atoms with Gasteiger partial charge in [0.2, 0.25) is 0 Å². The van der Waals surface area contributed by atoms with Gasteiger partial charge in [0.25, 0.3) is 5.91 Å². The van der Waals surface area contributed by atoms with Crippen molar-refractivity contribution in [3.8, 4) is 0 Å². The Hall–Kier alpha value is -2.63. The summed E-state index contributed by atoms with van der Waals surface area (Å²) >= 11 is 0. The van der Waals surface area contributed by atoms with Gasteiger partial charge >= 0.3 is 0 Å². The van der Waals surface area contributed by atoms with Gasteiger partial charge in [-0.05, 0) is 38.0 Å². The molecular weight excluding hydrogens is 302 g/mol. The summed E-state index contributed by atoms with van der Waals surface area (Å²) in [6.07, 6.45) is 7.55. The number of aromatic nitrogens is 4. The number of nitrogens with zero attached hydrogens (tertiary/aromatic N) is 5. The largest absolute Gasteiger partial charge is 0.337 e. The first-order chi connectivity index (χ1) is 11.8. The molecule has 3 aromatic heterocycles. The van der Waals surface area contributed by atoms with E-state index in [1.54, 1.807) is 0 Å². The molecular formula is C18H21N5O. The normalized spacial score (nSPS) is 16.0. The van der Waals surface area contributed by atoms with E-state index < -0.39 is 0 Å². The Kier molecular flexibility index (Phi) is 3.80. The third kappa shape index (κ3) is 2.58. The Morgan fingerprint density at radius 2 is 2.08 bits per heavy atom. The lowest BCUT2D eigenvalue weighted by Crippen LogP contribution is -2.38. The van der Waals surface area contributed by atoms with Gasteiger partial charge < -0.3 is 9.30 Å². The maximum Gasteiger partial charge on any atom is 0.274 e. The van der Waals surface area contributed by atoms with Gasteiger partial charge in [0.05, 0.1) is 0 Å². The van der Waals surface area contributed by atoms with Gasteiger partial charge in [-0.15, -0.1) is 0 Å². The van der Waals surface area contributed by atoms with Crippen LogP contribution in [0.15, 0.2) is 42.9 Å². The lowest BCUT2D eigenvalue weighted by atomic mass is 9.93. The molecule has 1 aliphatic rings. The standard InChI is InChI=1S/C18H21N5O/c1-2-23-16(6-9-19-23)14-7-11-21(12-8-14)18(24)15-13-22-10-4-3-5-17(22)20-15/h3-6,9-10,13-14H,2,7-8,11-12H2,1H3. The molecule has 4 rings (SSSR count). The van der Waals surface area contributed by atoms with Crippen molar-refractivity contribution in [2.45, 2.75) is 32.2 Å². The van der Waals surface area contributed by atoms with E-state index in [9.17, 15) is 4.79 Å². The molecule has 0 N–H and O–H groups in total. The van der Waals surface area contributed by atoms with Crippen molar-refractivity contribution >= 4 is 11.6 Å². The number of rotatable bonds is 3. The summed E-state index contributed by atoms with van der Waals surface area (Å²) in [6.45, 7) is 4.54. The number of likely N-dealkylation sites (tertiary alicyclic amines) is 1. The van der Waals surface area contributed by atoms with E-state index in [1.165, 1.54) is 5.69 Å². The third-order valence-corrected chi connectivity index (χ3v) is 4.83. The van der Waals surface area contributed by atoms with Crippen LogP contribution in [0.1, 0.15) is 41.9 Å². The zero-order chi connectivity index (χ0) is 16.5. The molecule has 1 aliphatic heterocycles. The van der Waals surface area contributed by atoms with Gasteiger partial charge in [-0.3, -0.25) is 9.48 Å². The summed E-state index contributed by atoms with van der Waals surface area (Å²) in [5, 5.41) is 4.36. The van der Waals surface area contributed by atoms with Gasteiger partial charge in [-0.1, -0.05) is 6.07 Å². The van der Waals surface area contributed by atoms with Crippen molar-refractivity contribution in [1.29, 1.82) is 0 Å². The highest BCUT2D eigenvalue weighted by Crippen LogP contribution is 2.28. The summed E-state index contributed by atoms with van der Waals surface area (Å²) < 4.78 is 3.95. The Bertz CT molecular complexity index is 824. The first-order valence-electron chi connectivity index (χ1n) is 8.51. The van der Waals surface area contributed by atoms with Crippen molar-refractivity contribution < 1.29 is 4.79 Å². The molecule has 0 aromatic carbocycles. The van der Waals surface area contributed by atoms with Gasteiger partial charge in [-0.25, -0.2) is 4.98 Å². The number of hydrogen-bond acceptors (Lipinski definition) is 3. The maximum absolute atomic E-state index is 12.7. The van der Waals surface area contributed by atoms with Crippen LogP contribution < -0.4 is 0 Å². The second-order valence-electron chi connectivity index (χ2n) is 6.23. The van der Waals surface area contributed by atoms with E-state index in [1.807, 2.05) is 46.1 Å². The highest BCUT2D eigenvalue weighted by molar-refractivity contribution is 5.93. The summed E-state index contributed by atoms with van der Waals surface area (Å²) in [5.41, 5.74) is 2.62. The predicted octanol–water partition coefficient (Wildman–Crippen LogP) is 2.57. The summed E-state index contributed by atoms with van der Waals surface area (Å²) in [6, 6.07) is 7.88. The van der Waals surface area contributed by atoms with E-state index in [4.69, 9.17) is 0 Å². The Morgan fingerprint density at radius 3 is 2.83 bits per heavy atom. The Labute approximate surface area is 140 Å². The molecule has 0 unspecified atom stereocenters. The lowest BCUT2D eigenvalue weighted by Gasteiger charge is -2.31. The van der Waals surface area contributed by atoms with Gasteiger partial charge in [0.1, 0.15) is 11.3 Å². The second kappa shape index (κ2) is 6.11. The number of piperidine rings is 1. The van der Waals surface area contributed by atoms with E-state index in [0.29, 0.717) is 11.6 Å². The number of aryl methyl sites for hydroxylation is 1. The monoisotopic (exact) mass is 323 g/mol. The van der Waals surface area contributed by atoms with Crippen LogP contribution in [0.2, 0.25) is 0 Å². The van der Waals surface area contributed by atoms with Crippen LogP contribution in [0.5, 0.6) is 0 Å². The average molecular weight is 323 g/mol. The number of carbonyl (C=O) groups excluding carboxylic acids is 1. The Morgan fingerprint density at radius 1 is 1.25 bits per heavy atom. The summed E-state index contributed by atoms with van der Waals surface area (Å²) in [4.78, 5) is 19.1. The van der Waals surface area contributed by atoms with Crippen LogP contribution in [0.3, 0.4) is 0 Å². The zero-order valence-electron chi connectivity index (χ0n) is 13.8. The first kappa shape index (κ1) is 14.9. The van der Waals surface area contributed by atoms with Crippen molar-refractivity contribution in [1.82, 2.24) is 24.1 Å². The SMILES string of the molecule is CCn1nccc1C1CCN(C(=O)c2cn3ccccc3n2)CC1. The van der Waals surface area contributed by atoms with E-state index in [-0.39, 0.29) is 5.91 Å². The minimum Gasteiger partial charge on any atom is -0.337 e. The molecule has 0 spiro atoms. The molecule has 1 fully saturated rings. The number of pyridine rings is 1. The van der Waals surface area contributed by atoms with E-state index in [0.717, 1.165) is 38.1 Å². The smallest absolute Gasteiger partial charge is 0.274 e. The fraction of sp³-hybridized carbons (Fsp3) is 0.389. The number of imidazole rings is 1. The third-order valence-electron chi connectivity index (χ3n) is 4.83. The molecule has 0 bridgehead atoms. The highest BCUT2D eigenvalue weighted by Gasteiger charge is 2.27. The van der Waals surface area contributed by atoms with Gasteiger partial charge in [0, 0.05) is 49.8 Å². The van der Waals surface area contributed by atoms with Crippen molar-refractivity contribution in [2.24, 2.45) is 0 Å². The van der Waals surface area contributed by atoms with Crippen LogP contribution >= 0.6 is 0 Å². The molecule has 3 aromatic rings. The highest BCUT2D eigenvalue weighted by atomic mass is 16.2. The first-order valence-corrected chi connectivity index (χ1v) is 8.51. The molecule has 0 saturated carbocycles. The summed E-state index contributed by atoms with van der Waals surface area (Å²) in [5.74, 6) is 0.513. The van der Waals surface area contributed by atoms with Gasteiger partial charge in [0.15, 0.2) is 0 Å². The quantitative estimate of drug-likeness (QED) is 0.744. The molecule has 4 heterocycles. The topological polar surface area (TPSA) is 55.4 Å². The maximum atomic E-state index is 12.7. The van der Waals surface area contributed by atoms with Crippen LogP contribution in [0.4, 0.5) is 0 Å². The number of fused-ring (bicyclic) bond motifs is 1. The molecule has 6 nitrogen and oxygen atoms in total. The Balaban J connectivity index is 1.46. The molecule has 6 heteroatoms. The molecule has 0 atom stereocenters. The fourth-order valence-electron chi connectivity index (χ4n) is 3.53.